The van der Waals surface area contributed by atoms with Crippen molar-refractivity contribution in [2.75, 3.05) is 5.32 Å². The molecule has 3 nitrogen and oxygen atoms in total. The summed E-state index contributed by atoms with van der Waals surface area (Å²) in [7, 11) is 0. The summed E-state index contributed by atoms with van der Waals surface area (Å²) in [5.74, 6) is 0.380. The summed E-state index contributed by atoms with van der Waals surface area (Å²) >= 11 is 10.9. The smallest absolute Gasteiger partial charge is 0.171 e. The number of ether oxygens (including phenoxy) is 1. The molecule has 2 aromatic carbocycles. The summed E-state index contributed by atoms with van der Waals surface area (Å²) in [4.78, 5) is 0. The predicted octanol–water partition coefficient (Wildman–Crippen LogP) is 4.75. The Balaban J connectivity index is 1.85. The van der Waals surface area contributed by atoms with E-state index in [4.69, 9.17) is 28.6 Å². The first-order chi connectivity index (χ1) is 10.9. The van der Waals surface area contributed by atoms with E-state index in [1.807, 2.05) is 38.1 Å². The highest BCUT2D eigenvalue weighted by Crippen LogP contribution is 2.19. The molecule has 0 amide bonds. The van der Waals surface area contributed by atoms with Crippen molar-refractivity contribution in [1.82, 2.24) is 5.32 Å². The van der Waals surface area contributed by atoms with Gasteiger partial charge in [0.1, 0.15) is 11.6 Å². The SMILES string of the molecule is CC(C)Oc1ccc(CNC(=S)Nc2ccc(F)c(Cl)c2)cc1. The minimum Gasteiger partial charge on any atom is -0.491 e. The fourth-order valence-electron chi connectivity index (χ4n) is 1.89. The van der Waals surface area contributed by atoms with Gasteiger partial charge in [0.15, 0.2) is 5.11 Å². The maximum atomic E-state index is 13.1. The molecular weight excluding hydrogens is 335 g/mol. The van der Waals surface area contributed by atoms with Crippen LogP contribution < -0.4 is 15.4 Å². The van der Waals surface area contributed by atoms with Gasteiger partial charge in [-0.25, -0.2) is 4.39 Å². The number of hydrogen-bond acceptors (Lipinski definition) is 2. The Morgan fingerprint density at radius 2 is 1.91 bits per heavy atom. The molecule has 0 aliphatic rings. The van der Waals surface area contributed by atoms with Crippen molar-refractivity contribution in [1.29, 1.82) is 0 Å². The topological polar surface area (TPSA) is 33.3 Å². The highest BCUT2D eigenvalue weighted by atomic mass is 35.5. The maximum Gasteiger partial charge on any atom is 0.171 e. The van der Waals surface area contributed by atoms with Crippen LogP contribution in [0, 0.1) is 5.82 Å². The monoisotopic (exact) mass is 352 g/mol. The fraction of sp³-hybridized carbons (Fsp3) is 0.235. The molecule has 0 saturated heterocycles. The van der Waals surface area contributed by atoms with E-state index in [9.17, 15) is 4.39 Å². The van der Waals surface area contributed by atoms with E-state index < -0.39 is 5.82 Å². The molecule has 0 heterocycles. The number of nitrogens with one attached hydrogen (secondary N) is 2. The Morgan fingerprint density at radius 3 is 2.52 bits per heavy atom. The summed E-state index contributed by atoms with van der Waals surface area (Å²) in [6.07, 6.45) is 0.151. The standard InChI is InChI=1S/C17H18ClFN2OS/c1-11(2)22-14-6-3-12(4-7-14)10-20-17(23)21-13-5-8-16(19)15(18)9-13/h3-9,11H,10H2,1-2H3,(H2,20,21,23). The van der Waals surface area contributed by atoms with Crippen LogP contribution in [0.3, 0.4) is 0 Å². The molecule has 122 valence electrons. The first kappa shape index (κ1) is 17.5. The largest absolute Gasteiger partial charge is 0.491 e. The summed E-state index contributed by atoms with van der Waals surface area (Å²) in [6.45, 7) is 4.55. The van der Waals surface area contributed by atoms with Crippen molar-refractivity contribution in [3.63, 3.8) is 0 Å². The van der Waals surface area contributed by atoms with E-state index in [0.717, 1.165) is 11.3 Å². The third-order valence-corrected chi connectivity index (χ3v) is 3.46. The molecule has 2 aromatic rings. The molecule has 0 saturated carbocycles. The van der Waals surface area contributed by atoms with Gasteiger partial charge < -0.3 is 15.4 Å². The fourth-order valence-corrected chi connectivity index (χ4v) is 2.26. The van der Waals surface area contributed by atoms with Crippen LogP contribution in [0.1, 0.15) is 19.4 Å². The number of hydrogen-bond donors (Lipinski definition) is 2. The molecule has 2 rings (SSSR count). The number of benzene rings is 2. The Morgan fingerprint density at radius 1 is 1.22 bits per heavy atom. The third-order valence-electron chi connectivity index (χ3n) is 2.93. The van der Waals surface area contributed by atoms with Crippen LogP contribution in [0.25, 0.3) is 0 Å². The van der Waals surface area contributed by atoms with Crippen molar-refractivity contribution in [2.24, 2.45) is 0 Å². The van der Waals surface area contributed by atoms with Crippen molar-refractivity contribution >= 4 is 34.6 Å². The summed E-state index contributed by atoms with van der Waals surface area (Å²) in [5.41, 5.74) is 1.71. The van der Waals surface area contributed by atoms with E-state index in [2.05, 4.69) is 10.6 Å². The molecule has 23 heavy (non-hydrogen) atoms. The average molecular weight is 353 g/mol. The van der Waals surface area contributed by atoms with Gasteiger partial charge in [0.2, 0.25) is 0 Å². The van der Waals surface area contributed by atoms with Gasteiger partial charge in [0, 0.05) is 12.2 Å². The Kier molecular flexibility index (Phi) is 6.19. The van der Waals surface area contributed by atoms with Crippen LogP contribution in [-0.4, -0.2) is 11.2 Å². The van der Waals surface area contributed by atoms with Crippen LogP contribution >= 0.6 is 23.8 Å². The van der Waals surface area contributed by atoms with E-state index in [1.54, 1.807) is 6.07 Å². The van der Waals surface area contributed by atoms with Crippen molar-refractivity contribution in [3.8, 4) is 5.75 Å². The van der Waals surface area contributed by atoms with E-state index >= 15 is 0 Å². The van der Waals surface area contributed by atoms with Crippen molar-refractivity contribution in [2.45, 2.75) is 26.5 Å². The van der Waals surface area contributed by atoms with Crippen molar-refractivity contribution in [3.05, 3.63) is 58.9 Å². The lowest BCUT2D eigenvalue weighted by Crippen LogP contribution is -2.27. The second-order valence-electron chi connectivity index (χ2n) is 5.25. The molecule has 2 N–H and O–H groups in total. The first-order valence-corrected chi connectivity index (χ1v) is 7.98. The lowest BCUT2D eigenvalue weighted by atomic mass is 10.2. The Bertz CT molecular complexity index is 677. The zero-order valence-electron chi connectivity index (χ0n) is 12.9. The second kappa shape index (κ2) is 8.13. The lowest BCUT2D eigenvalue weighted by molar-refractivity contribution is 0.242. The van der Waals surface area contributed by atoms with Gasteiger partial charge in [0.25, 0.3) is 0 Å². The van der Waals surface area contributed by atoms with Crippen LogP contribution in [0.2, 0.25) is 5.02 Å². The molecule has 0 unspecified atom stereocenters. The zero-order chi connectivity index (χ0) is 16.8. The van der Waals surface area contributed by atoms with Gasteiger partial charge in [0.05, 0.1) is 11.1 Å². The lowest BCUT2D eigenvalue weighted by Gasteiger charge is -2.12. The van der Waals surface area contributed by atoms with E-state index in [1.165, 1.54) is 12.1 Å². The molecule has 0 aliphatic carbocycles. The quantitative estimate of drug-likeness (QED) is 0.760. The molecule has 0 aliphatic heterocycles. The van der Waals surface area contributed by atoms with Gasteiger partial charge >= 0.3 is 0 Å². The molecular formula is C17H18ClFN2OS. The molecule has 0 aromatic heterocycles. The van der Waals surface area contributed by atoms with Crippen molar-refractivity contribution < 1.29 is 9.13 Å². The van der Waals surface area contributed by atoms with Gasteiger partial charge in [-0.15, -0.1) is 0 Å². The molecule has 0 bridgehead atoms. The predicted molar refractivity (Wildman–Crippen MR) is 96.7 cm³/mol. The normalized spacial score (nSPS) is 10.5. The highest BCUT2D eigenvalue weighted by molar-refractivity contribution is 7.80. The molecule has 0 fully saturated rings. The molecule has 6 heteroatoms. The molecule has 0 radical (unpaired) electrons. The van der Waals surface area contributed by atoms with Gasteiger partial charge in [-0.2, -0.15) is 0 Å². The molecule has 0 spiro atoms. The average Bonchev–Trinajstić information content (AvgIpc) is 2.50. The minimum atomic E-state index is -0.459. The van der Waals surface area contributed by atoms with E-state index in [-0.39, 0.29) is 11.1 Å². The summed E-state index contributed by atoms with van der Waals surface area (Å²) in [5, 5.41) is 6.54. The van der Waals surface area contributed by atoms with Crippen LogP contribution in [0.15, 0.2) is 42.5 Å². The van der Waals surface area contributed by atoms with Gasteiger partial charge in [-0.05, 0) is 62.0 Å². The number of thiocarbonyl (C=S) groups is 1. The van der Waals surface area contributed by atoms with Gasteiger partial charge in [-0.1, -0.05) is 23.7 Å². The maximum absolute atomic E-state index is 13.1. The first-order valence-electron chi connectivity index (χ1n) is 7.19. The number of rotatable bonds is 5. The van der Waals surface area contributed by atoms with Crippen LogP contribution in [0.5, 0.6) is 5.75 Å². The third kappa shape index (κ3) is 5.69. The summed E-state index contributed by atoms with van der Waals surface area (Å²) in [6, 6.07) is 12.2. The number of anilines is 1. The number of halogens is 2. The second-order valence-corrected chi connectivity index (χ2v) is 6.06. The highest BCUT2D eigenvalue weighted by Gasteiger charge is 2.03. The van der Waals surface area contributed by atoms with E-state index in [0.29, 0.717) is 17.3 Å². The van der Waals surface area contributed by atoms with Crippen LogP contribution in [0.4, 0.5) is 10.1 Å². The molecule has 0 atom stereocenters. The Labute approximate surface area is 145 Å². The Hall–Kier alpha value is -1.85. The summed E-state index contributed by atoms with van der Waals surface area (Å²) < 4.78 is 18.7. The van der Waals surface area contributed by atoms with Gasteiger partial charge in [-0.3, -0.25) is 0 Å². The van der Waals surface area contributed by atoms with Crippen LogP contribution in [-0.2, 0) is 6.54 Å². The zero-order valence-corrected chi connectivity index (χ0v) is 14.5. The minimum absolute atomic E-state index is 0.0542.